The number of para-hydroxylation sites is 3. The molecule has 6 aromatic rings. The molecule has 60 heavy (non-hydrogen) atoms. The van der Waals surface area contributed by atoms with Crippen molar-refractivity contribution in [3.8, 4) is 0 Å². The Morgan fingerprint density at radius 1 is 0.550 bits per heavy atom. The average molecular weight is 811 g/mol. The van der Waals surface area contributed by atoms with Crippen LogP contribution in [0.4, 0.5) is 17.1 Å². The fraction of sp³-hybridized carbons (Fsp3) is 0.375. The molecule has 9 rings (SSSR count). The number of esters is 3. The van der Waals surface area contributed by atoms with Gasteiger partial charge in [0.05, 0.1) is 16.6 Å². The number of carbonyl (C=O) groups is 3. The number of aryl methyl sites for hydroxylation is 3. The van der Waals surface area contributed by atoms with E-state index in [-0.39, 0.29) is 36.2 Å². The molecule has 0 spiro atoms. The second kappa shape index (κ2) is 18.7. The maximum atomic E-state index is 11.7. The number of anilines is 3. The molecular formula is C48H54N6O6. The van der Waals surface area contributed by atoms with E-state index < -0.39 is 0 Å². The van der Waals surface area contributed by atoms with Crippen molar-refractivity contribution in [2.24, 2.45) is 0 Å². The predicted octanol–water partition coefficient (Wildman–Crippen LogP) is 7.88. The molecule has 12 nitrogen and oxygen atoms in total. The van der Waals surface area contributed by atoms with Gasteiger partial charge in [-0.15, -0.1) is 0 Å². The first-order valence-corrected chi connectivity index (χ1v) is 21.1. The maximum absolute atomic E-state index is 11.7. The number of nitrogens with two attached hydrogens (primary N) is 3. The van der Waals surface area contributed by atoms with Crippen LogP contribution in [-0.4, -0.2) is 51.2 Å². The van der Waals surface area contributed by atoms with Crippen molar-refractivity contribution in [3.05, 3.63) is 107 Å². The van der Waals surface area contributed by atoms with Gasteiger partial charge in [-0.05, 0) is 63.1 Å². The first kappa shape index (κ1) is 41.8. The summed E-state index contributed by atoms with van der Waals surface area (Å²) in [6.45, 7) is 5.23. The third kappa shape index (κ3) is 9.43. The Hall–Kier alpha value is -6.30. The SMILES string of the molecule is CC(=O)OC1CCc2nc3ccccc3c(N)c2C1.CCC(=O)OC1CCc2nc3ccccc3c(N)c2C1.CCCC(=O)OC1CCc2nc3ccccc3c(N)c2C1. The minimum Gasteiger partial charge on any atom is -0.462 e. The smallest absolute Gasteiger partial charge is 0.306 e. The molecule has 0 saturated carbocycles. The van der Waals surface area contributed by atoms with Crippen molar-refractivity contribution < 1.29 is 28.6 Å². The minimum atomic E-state index is -0.235. The lowest BCUT2D eigenvalue weighted by Crippen LogP contribution is -2.27. The van der Waals surface area contributed by atoms with Gasteiger partial charge in [0.2, 0.25) is 0 Å². The number of hydrogen-bond donors (Lipinski definition) is 3. The lowest BCUT2D eigenvalue weighted by Gasteiger charge is -2.25. The monoisotopic (exact) mass is 810 g/mol. The maximum Gasteiger partial charge on any atom is 0.306 e. The molecule has 3 unspecified atom stereocenters. The van der Waals surface area contributed by atoms with Gasteiger partial charge >= 0.3 is 17.9 Å². The summed E-state index contributed by atoms with van der Waals surface area (Å²) in [5.74, 6) is -0.496. The molecule has 3 aliphatic carbocycles. The number of aromatic nitrogens is 3. The topological polar surface area (TPSA) is 196 Å². The highest BCUT2D eigenvalue weighted by molar-refractivity contribution is 5.94. The highest BCUT2D eigenvalue weighted by atomic mass is 16.5. The highest BCUT2D eigenvalue weighted by Gasteiger charge is 2.28. The Morgan fingerprint density at radius 2 is 0.900 bits per heavy atom. The van der Waals surface area contributed by atoms with E-state index in [1.165, 1.54) is 6.92 Å². The first-order chi connectivity index (χ1) is 29.0. The van der Waals surface area contributed by atoms with Crippen molar-refractivity contribution in [3.63, 3.8) is 0 Å². The fourth-order valence-corrected chi connectivity index (χ4v) is 8.43. The third-order valence-electron chi connectivity index (χ3n) is 11.4. The van der Waals surface area contributed by atoms with Gasteiger partial charge in [-0.25, -0.2) is 0 Å². The molecule has 3 aliphatic rings. The molecule has 3 aromatic carbocycles. The number of rotatable bonds is 6. The Balaban J connectivity index is 0.000000136. The van der Waals surface area contributed by atoms with Gasteiger partial charge in [0.15, 0.2) is 0 Å². The lowest BCUT2D eigenvalue weighted by atomic mass is 9.91. The Morgan fingerprint density at radius 3 is 1.25 bits per heavy atom. The summed E-state index contributed by atoms with van der Waals surface area (Å²) in [5.41, 5.74) is 30.3. The number of hydrogen-bond acceptors (Lipinski definition) is 12. The van der Waals surface area contributed by atoms with Crippen LogP contribution in [0, 0.1) is 0 Å². The van der Waals surface area contributed by atoms with Crippen LogP contribution in [0.25, 0.3) is 32.7 Å². The molecule has 0 bridgehead atoms. The molecular weight excluding hydrogens is 757 g/mol. The van der Waals surface area contributed by atoms with Crippen LogP contribution in [0.1, 0.15) is 93.1 Å². The number of fused-ring (bicyclic) bond motifs is 6. The molecule has 0 amide bonds. The first-order valence-electron chi connectivity index (χ1n) is 21.1. The summed E-state index contributed by atoms with van der Waals surface area (Å²) >= 11 is 0. The standard InChI is InChI=1S/C17H20N2O2.C16H18N2O2.C15H16N2O2/c1-2-5-16(20)21-11-8-9-15-13(10-11)17(18)12-6-3-4-7-14(12)19-15;1-2-15(19)20-10-7-8-14-12(9-10)16(17)11-5-3-4-6-13(11)18-14;1-9(18)19-10-6-7-14-12(8-10)15(16)11-4-2-3-5-13(11)17-14/h3-4,6-7,11H,2,5,8-10H2,1H3,(H2,18,19);3-6,10H,2,7-9H2,1H3,(H2,17,18);2-5,10H,6-8H2,1H3,(H2,16,17). The third-order valence-corrected chi connectivity index (χ3v) is 11.4. The van der Waals surface area contributed by atoms with Crippen LogP contribution < -0.4 is 17.2 Å². The molecule has 12 heteroatoms. The summed E-state index contributed by atoms with van der Waals surface area (Å²) in [6.07, 6.45) is 8.41. The average Bonchev–Trinajstić information content (AvgIpc) is 3.25. The zero-order chi connectivity index (χ0) is 42.3. The van der Waals surface area contributed by atoms with Gasteiger partial charge in [0, 0.05) is 106 Å². The largest absolute Gasteiger partial charge is 0.462 e. The quantitative estimate of drug-likeness (QED) is 0.109. The van der Waals surface area contributed by atoms with E-state index >= 15 is 0 Å². The van der Waals surface area contributed by atoms with Crippen LogP contribution in [0.15, 0.2) is 72.8 Å². The van der Waals surface area contributed by atoms with Crippen molar-refractivity contribution >= 4 is 67.7 Å². The van der Waals surface area contributed by atoms with Crippen molar-refractivity contribution in [2.75, 3.05) is 17.2 Å². The number of nitrogen functional groups attached to an aromatic ring is 3. The van der Waals surface area contributed by atoms with Crippen LogP contribution >= 0.6 is 0 Å². The molecule has 3 heterocycles. The molecule has 6 N–H and O–H groups in total. The van der Waals surface area contributed by atoms with Gasteiger partial charge in [-0.3, -0.25) is 29.3 Å². The molecule has 0 saturated heterocycles. The summed E-state index contributed by atoms with van der Waals surface area (Å²) in [6, 6.07) is 23.7. The van der Waals surface area contributed by atoms with E-state index in [0.717, 1.165) is 128 Å². The van der Waals surface area contributed by atoms with Crippen LogP contribution in [0.2, 0.25) is 0 Å². The lowest BCUT2D eigenvalue weighted by molar-refractivity contribution is -0.150. The van der Waals surface area contributed by atoms with E-state index in [9.17, 15) is 14.4 Å². The van der Waals surface area contributed by atoms with Gasteiger partial charge in [0.1, 0.15) is 18.3 Å². The molecule has 312 valence electrons. The molecule has 3 atom stereocenters. The summed E-state index contributed by atoms with van der Waals surface area (Å²) in [4.78, 5) is 48.2. The van der Waals surface area contributed by atoms with Gasteiger partial charge in [-0.2, -0.15) is 0 Å². The zero-order valence-corrected chi connectivity index (χ0v) is 34.7. The number of benzene rings is 3. The van der Waals surface area contributed by atoms with Gasteiger partial charge < -0.3 is 31.4 Å². The number of ether oxygens (including phenoxy) is 3. The van der Waals surface area contributed by atoms with Crippen molar-refractivity contribution in [2.45, 2.75) is 116 Å². The van der Waals surface area contributed by atoms with E-state index in [0.29, 0.717) is 32.1 Å². The fourth-order valence-electron chi connectivity index (χ4n) is 8.43. The second-order valence-electron chi connectivity index (χ2n) is 15.7. The zero-order valence-electron chi connectivity index (χ0n) is 34.7. The van der Waals surface area contributed by atoms with E-state index in [1.54, 1.807) is 0 Å². The van der Waals surface area contributed by atoms with Crippen LogP contribution in [0.3, 0.4) is 0 Å². The second-order valence-corrected chi connectivity index (χ2v) is 15.7. The Bertz CT molecular complexity index is 2560. The number of nitrogens with zero attached hydrogens (tertiary/aromatic N) is 3. The number of pyridine rings is 3. The molecule has 3 aromatic heterocycles. The summed E-state index contributed by atoms with van der Waals surface area (Å²) in [7, 11) is 0. The van der Waals surface area contributed by atoms with E-state index in [4.69, 9.17) is 36.4 Å². The number of carbonyl (C=O) groups excluding carboxylic acids is 3. The van der Waals surface area contributed by atoms with E-state index in [2.05, 4.69) is 9.97 Å². The summed E-state index contributed by atoms with van der Waals surface area (Å²) in [5, 5.41) is 2.94. The highest BCUT2D eigenvalue weighted by Crippen LogP contribution is 2.34. The molecule has 0 aliphatic heterocycles. The Kier molecular flexibility index (Phi) is 13.1. The summed E-state index contributed by atoms with van der Waals surface area (Å²) < 4.78 is 16.3. The van der Waals surface area contributed by atoms with Gasteiger partial charge in [-0.1, -0.05) is 68.4 Å². The molecule has 0 radical (unpaired) electrons. The minimum absolute atomic E-state index is 0.0678. The van der Waals surface area contributed by atoms with Gasteiger partial charge in [0.25, 0.3) is 0 Å². The molecule has 0 fully saturated rings. The Labute approximate surface area is 350 Å². The predicted molar refractivity (Wildman–Crippen MR) is 235 cm³/mol. The van der Waals surface area contributed by atoms with Crippen LogP contribution in [-0.2, 0) is 67.1 Å². The van der Waals surface area contributed by atoms with Crippen molar-refractivity contribution in [1.29, 1.82) is 0 Å². The van der Waals surface area contributed by atoms with Crippen molar-refractivity contribution in [1.82, 2.24) is 15.0 Å². The normalized spacial score (nSPS) is 17.8. The van der Waals surface area contributed by atoms with Crippen LogP contribution in [0.5, 0.6) is 0 Å². The van der Waals surface area contributed by atoms with E-state index in [1.807, 2.05) is 86.6 Å².